The summed E-state index contributed by atoms with van der Waals surface area (Å²) < 4.78 is 0. The van der Waals surface area contributed by atoms with Gasteiger partial charge >= 0.3 is 0 Å². The van der Waals surface area contributed by atoms with Crippen LogP contribution in [-0.4, -0.2) is 15.0 Å². The lowest BCUT2D eigenvalue weighted by Gasteiger charge is -1.92. The van der Waals surface area contributed by atoms with Crippen molar-refractivity contribution in [2.75, 3.05) is 5.73 Å². The van der Waals surface area contributed by atoms with Crippen molar-refractivity contribution in [2.45, 2.75) is 0 Å². The minimum absolute atomic E-state index is 0.684. The first-order chi connectivity index (χ1) is 7.84. The zero-order chi connectivity index (χ0) is 11.0. The Kier molecular flexibility index (Phi) is 1.86. The predicted octanol–water partition coefficient (Wildman–Crippen LogP) is 2.21. The second-order valence-electron chi connectivity index (χ2n) is 3.57. The summed E-state index contributed by atoms with van der Waals surface area (Å²) in [6.07, 6.45) is 3.51. The maximum absolute atomic E-state index is 5.85. The lowest BCUT2D eigenvalue weighted by atomic mass is 10.3. The Hall–Kier alpha value is -2.36. The number of para-hydroxylation sites is 1. The number of H-pyrrole nitrogens is 1. The molecule has 2 heterocycles. The van der Waals surface area contributed by atoms with Crippen LogP contribution in [0.25, 0.3) is 22.4 Å². The van der Waals surface area contributed by atoms with Gasteiger partial charge in [-0.15, -0.1) is 0 Å². The Morgan fingerprint density at radius 1 is 1.12 bits per heavy atom. The van der Waals surface area contributed by atoms with Gasteiger partial charge in [-0.2, -0.15) is 0 Å². The average molecular weight is 210 g/mol. The molecule has 0 radical (unpaired) electrons. The third-order valence-electron chi connectivity index (χ3n) is 2.48. The molecule has 0 aliphatic heterocycles. The lowest BCUT2D eigenvalue weighted by molar-refractivity contribution is 1.27. The van der Waals surface area contributed by atoms with Gasteiger partial charge in [0, 0.05) is 18.0 Å². The molecule has 0 atom stereocenters. The van der Waals surface area contributed by atoms with Crippen LogP contribution in [0.4, 0.5) is 5.69 Å². The highest BCUT2D eigenvalue weighted by Crippen LogP contribution is 2.23. The van der Waals surface area contributed by atoms with E-state index in [2.05, 4.69) is 15.0 Å². The van der Waals surface area contributed by atoms with Crippen molar-refractivity contribution in [2.24, 2.45) is 0 Å². The zero-order valence-corrected chi connectivity index (χ0v) is 8.51. The van der Waals surface area contributed by atoms with Gasteiger partial charge in [0.1, 0.15) is 11.3 Å². The Balaban J connectivity index is 2.23. The number of nitrogens with one attached hydrogen (secondary N) is 1. The smallest absolute Gasteiger partial charge is 0.140 e. The molecule has 0 spiro atoms. The number of aromatic amines is 1. The molecule has 3 rings (SSSR count). The quantitative estimate of drug-likeness (QED) is 0.605. The van der Waals surface area contributed by atoms with Gasteiger partial charge in [-0.1, -0.05) is 6.07 Å². The van der Waals surface area contributed by atoms with Crippen LogP contribution in [0.15, 0.2) is 42.7 Å². The van der Waals surface area contributed by atoms with Gasteiger partial charge < -0.3 is 10.7 Å². The van der Waals surface area contributed by atoms with E-state index in [0.29, 0.717) is 5.69 Å². The Bertz CT molecular complexity index is 628. The van der Waals surface area contributed by atoms with Gasteiger partial charge in [0.25, 0.3) is 0 Å². The summed E-state index contributed by atoms with van der Waals surface area (Å²) in [5.41, 5.74) is 9.24. The lowest BCUT2D eigenvalue weighted by Crippen LogP contribution is -1.85. The second kappa shape index (κ2) is 3.34. The van der Waals surface area contributed by atoms with Crippen LogP contribution in [-0.2, 0) is 0 Å². The number of imidazole rings is 1. The molecule has 3 N–H and O–H groups in total. The fourth-order valence-electron chi connectivity index (χ4n) is 1.69. The van der Waals surface area contributed by atoms with Crippen LogP contribution in [0.3, 0.4) is 0 Å². The highest BCUT2D eigenvalue weighted by molar-refractivity contribution is 5.89. The molecule has 4 nitrogen and oxygen atoms in total. The van der Waals surface area contributed by atoms with E-state index in [-0.39, 0.29) is 0 Å². The molecule has 0 unspecified atom stereocenters. The number of hydrogen-bond acceptors (Lipinski definition) is 3. The molecule has 0 aliphatic rings. The number of pyridine rings is 1. The van der Waals surface area contributed by atoms with Gasteiger partial charge in [-0.05, 0) is 24.3 Å². The number of hydrogen-bond donors (Lipinski definition) is 2. The molecule has 1 aromatic carbocycles. The molecule has 0 fully saturated rings. The van der Waals surface area contributed by atoms with Gasteiger partial charge in [-0.25, -0.2) is 4.98 Å². The average Bonchev–Trinajstić information content (AvgIpc) is 2.76. The Morgan fingerprint density at radius 3 is 2.81 bits per heavy atom. The number of nitrogen functional groups attached to an aromatic ring is 1. The first-order valence-electron chi connectivity index (χ1n) is 4.99. The summed E-state index contributed by atoms with van der Waals surface area (Å²) in [6.45, 7) is 0. The molecule has 0 bridgehead atoms. The van der Waals surface area contributed by atoms with E-state index in [1.54, 1.807) is 12.4 Å². The summed E-state index contributed by atoms with van der Waals surface area (Å²) in [4.78, 5) is 11.7. The summed E-state index contributed by atoms with van der Waals surface area (Å²) in [6, 6.07) is 9.55. The zero-order valence-electron chi connectivity index (χ0n) is 8.51. The van der Waals surface area contributed by atoms with Crippen molar-refractivity contribution in [3.63, 3.8) is 0 Å². The second-order valence-corrected chi connectivity index (χ2v) is 3.57. The number of rotatable bonds is 1. The number of nitrogens with zero attached hydrogens (tertiary/aromatic N) is 2. The molecule has 2 aromatic heterocycles. The van der Waals surface area contributed by atoms with Crippen molar-refractivity contribution in [3.05, 3.63) is 42.7 Å². The molecular weight excluding hydrogens is 200 g/mol. The van der Waals surface area contributed by atoms with Crippen molar-refractivity contribution in [1.29, 1.82) is 0 Å². The van der Waals surface area contributed by atoms with Crippen LogP contribution in [0.1, 0.15) is 0 Å². The molecule has 16 heavy (non-hydrogen) atoms. The largest absolute Gasteiger partial charge is 0.397 e. The molecular formula is C12H10N4. The van der Waals surface area contributed by atoms with E-state index in [0.717, 1.165) is 22.4 Å². The van der Waals surface area contributed by atoms with Crippen LogP contribution in [0.5, 0.6) is 0 Å². The van der Waals surface area contributed by atoms with Gasteiger partial charge in [-0.3, -0.25) is 4.98 Å². The molecule has 78 valence electrons. The summed E-state index contributed by atoms with van der Waals surface area (Å²) in [5.74, 6) is 0.793. The fourth-order valence-corrected chi connectivity index (χ4v) is 1.69. The monoisotopic (exact) mass is 210 g/mol. The van der Waals surface area contributed by atoms with Crippen molar-refractivity contribution in [1.82, 2.24) is 15.0 Å². The van der Waals surface area contributed by atoms with E-state index in [9.17, 15) is 0 Å². The fraction of sp³-hybridized carbons (Fsp3) is 0. The van der Waals surface area contributed by atoms with E-state index in [1.165, 1.54) is 0 Å². The number of fused-ring (bicyclic) bond motifs is 1. The van der Waals surface area contributed by atoms with Gasteiger partial charge in [0.15, 0.2) is 0 Å². The minimum Gasteiger partial charge on any atom is -0.397 e. The SMILES string of the molecule is Nc1cccc2[nH]c(-c3cccnc3)nc12. The third-order valence-corrected chi connectivity index (χ3v) is 2.48. The number of anilines is 1. The highest BCUT2D eigenvalue weighted by Gasteiger charge is 2.06. The Morgan fingerprint density at radius 2 is 2.06 bits per heavy atom. The van der Waals surface area contributed by atoms with Crippen LogP contribution in [0, 0.1) is 0 Å². The maximum Gasteiger partial charge on any atom is 0.140 e. The topological polar surface area (TPSA) is 67.6 Å². The molecule has 4 heteroatoms. The van der Waals surface area contributed by atoms with E-state index < -0.39 is 0 Å². The van der Waals surface area contributed by atoms with Crippen molar-refractivity contribution >= 4 is 16.7 Å². The Labute approximate surface area is 92.2 Å². The number of nitrogens with two attached hydrogens (primary N) is 1. The molecule has 0 aliphatic carbocycles. The molecule has 0 amide bonds. The summed E-state index contributed by atoms with van der Waals surface area (Å²) in [5, 5.41) is 0. The maximum atomic E-state index is 5.85. The van der Waals surface area contributed by atoms with Crippen LogP contribution in [0.2, 0.25) is 0 Å². The number of benzene rings is 1. The van der Waals surface area contributed by atoms with E-state index in [1.807, 2.05) is 30.3 Å². The van der Waals surface area contributed by atoms with Crippen LogP contribution < -0.4 is 5.73 Å². The first-order valence-corrected chi connectivity index (χ1v) is 4.99. The summed E-state index contributed by atoms with van der Waals surface area (Å²) >= 11 is 0. The standard InChI is InChI=1S/C12H10N4/c13-9-4-1-5-10-11(9)16-12(15-10)8-3-2-6-14-7-8/h1-7H,13H2,(H,15,16). The summed E-state index contributed by atoms with van der Waals surface area (Å²) in [7, 11) is 0. The first kappa shape index (κ1) is 8.91. The molecule has 0 saturated carbocycles. The van der Waals surface area contributed by atoms with Crippen molar-refractivity contribution < 1.29 is 0 Å². The predicted molar refractivity (Wildman–Crippen MR) is 63.7 cm³/mol. The van der Waals surface area contributed by atoms with E-state index in [4.69, 9.17) is 5.73 Å². The van der Waals surface area contributed by atoms with Gasteiger partial charge in [0.2, 0.25) is 0 Å². The molecule has 3 aromatic rings. The van der Waals surface area contributed by atoms with Crippen LogP contribution >= 0.6 is 0 Å². The molecule has 0 saturated heterocycles. The van der Waals surface area contributed by atoms with E-state index >= 15 is 0 Å². The third kappa shape index (κ3) is 1.32. The number of aromatic nitrogens is 3. The highest BCUT2D eigenvalue weighted by atomic mass is 14.9. The normalized spacial score (nSPS) is 10.8. The van der Waals surface area contributed by atoms with Crippen molar-refractivity contribution in [3.8, 4) is 11.4 Å². The van der Waals surface area contributed by atoms with Gasteiger partial charge in [0.05, 0.1) is 11.2 Å². The minimum atomic E-state index is 0.684.